The Morgan fingerprint density at radius 1 is 1.39 bits per heavy atom. The Morgan fingerprint density at radius 2 is 2.00 bits per heavy atom. The van der Waals surface area contributed by atoms with Crippen molar-refractivity contribution in [2.45, 2.75) is 31.2 Å². The van der Waals surface area contributed by atoms with Crippen LogP contribution in [0.4, 0.5) is 8.78 Å². The van der Waals surface area contributed by atoms with Gasteiger partial charge < -0.3 is 10.5 Å². The van der Waals surface area contributed by atoms with Crippen LogP contribution in [0.2, 0.25) is 0 Å². The first-order valence-electron chi connectivity index (χ1n) is 5.64. The summed E-state index contributed by atoms with van der Waals surface area (Å²) < 4.78 is 30.5. The van der Waals surface area contributed by atoms with Gasteiger partial charge in [-0.2, -0.15) is 0 Å². The highest BCUT2D eigenvalue weighted by molar-refractivity contribution is 5.91. The summed E-state index contributed by atoms with van der Waals surface area (Å²) in [6.07, 6.45) is -0.700. The molecule has 0 heterocycles. The van der Waals surface area contributed by atoms with Gasteiger partial charge in [-0.25, -0.2) is 13.6 Å². The van der Waals surface area contributed by atoms with E-state index in [2.05, 4.69) is 4.74 Å². The van der Waals surface area contributed by atoms with Crippen LogP contribution in [0.1, 0.15) is 34.3 Å². The minimum atomic E-state index is -2.68. The molecule has 0 atom stereocenters. The molecule has 0 saturated heterocycles. The molecule has 2 rings (SSSR count). The van der Waals surface area contributed by atoms with E-state index in [1.165, 1.54) is 7.11 Å². The summed E-state index contributed by atoms with van der Waals surface area (Å²) in [6.45, 7) is 1.73. The van der Waals surface area contributed by atoms with Gasteiger partial charge in [0.1, 0.15) is 0 Å². The number of carbonyl (C=O) groups excluding carboxylic acids is 1. The number of aryl methyl sites for hydroxylation is 1. The van der Waals surface area contributed by atoms with Crippen LogP contribution in [-0.4, -0.2) is 19.0 Å². The number of hydrogen-bond donors (Lipinski definition) is 1. The van der Waals surface area contributed by atoms with Crippen molar-refractivity contribution in [2.75, 3.05) is 7.11 Å². The van der Waals surface area contributed by atoms with Crippen LogP contribution >= 0.6 is 0 Å². The molecule has 2 N–H and O–H groups in total. The molecule has 0 unspecified atom stereocenters. The summed E-state index contributed by atoms with van der Waals surface area (Å²) in [5.74, 6) is -3.12. The van der Waals surface area contributed by atoms with Gasteiger partial charge in [-0.15, -0.1) is 0 Å². The van der Waals surface area contributed by atoms with Gasteiger partial charge in [0.15, 0.2) is 0 Å². The number of nitrogens with two attached hydrogens (primary N) is 1. The summed E-state index contributed by atoms with van der Waals surface area (Å²) in [6, 6.07) is 4.87. The first-order chi connectivity index (χ1) is 8.27. The van der Waals surface area contributed by atoms with Crippen molar-refractivity contribution < 1.29 is 18.3 Å². The Morgan fingerprint density at radius 3 is 2.44 bits per heavy atom. The molecule has 1 fully saturated rings. The average Bonchev–Trinajstić information content (AvgIpc) is 2.25. The molecule has 0 spiro atoms. The van der Waals surface area contributed by atoms with Crippen LogP contribution in [0.5, 0.6) is 0 Å². The summed E-state index contributed by atoms with van der Waals surface area (Å²) in [5.41, 5.74) is 6.69. The molecule has 1 aliphatic rings. The maximum atomic E-state index is 12.9. The maximum Gasteiger partial charge on any atom is 0.338 e. The Hall–Kier alpha value is -1.49. The Labute approximate surface area is 104 Å². The van der Waals surface area contributed by atoms with Gasteiger partial charge in [0.05, 0.1) is 18.2 Å². The van der Waals surface area contributed by atoms with Gasteiger partial charge >= 0.3 is 5.97 Å². The fourth-order valence-electron chi connectivity index (χ4n) is 2.39. The van der Waals surface area contributed by atoms with Gasteiger partial charge in [0, 0.05) is 12.8 Å². The second kappa shape index (κ2) is 4.02. The van der Waals surface area contributed by atoms with E-state index in [0.717, 1.165) is 0 Å². The van der Waals surface area contributed by atoms with E-state index in [4.69, 9.17) is 5.73 Å². The lowest BCUT2D eigenvalue weighted by atomic mass is 9.69. The summed E-state index contributed by atoms with van der Waals surface area (Å²) in [7, 11) is 1.30. The molecule has 0 radical (unpaired) electrons. The fraction of sp³-hybridized carbons (Fsp3) is 0.462. The third-order valence-corrected chi connectivity index (χ3v) is 3.35. The molecule has 18 heavy (non-hydrogen) atoms. The molecular weight excluding hydrogens is 240 g/mol. The molecule has 1 saturated carbocycles. The molecule has 0 aliphatic heterocycles. The molecule has 3 nitrogen and oxygen atoms in total. The van der Waals surface area contributed by atoms with Gasteiger partial charge in [0.25, 0.3) is 5.92 Å². The zero-order valence-corrected chi connectivity index (χ0v) is 10.3. The van der Waals surface area contributed by atoms with Gasteiger partial charge in [-0.3, -0.25) is 0 Å². The van der Waals surface area contributed by atoms with Crippen molar-refractivity contribution in [2.24, 2.45) is 5.73 Å². The van der Waals surface area contributed by atoms with Crippen LogP contribution in [0, 0.1) is 6.92 Å². The number of methoxy groups -OCH3 is 1. The number of halogens is 2. The van der Waals surface area contributed by atoms with Gasteiger partial charge in [0.2, 0.25) is 0 Å². The highest BCUT2D eigenvalue weighted by Gasteiger charge is 2.55. The van der Waals surface area contributed by atoms with Crippen molar-refractivity contribution in [1.29, 1.82) is 0 Å². The molecule has 0 amide bonds. The number of benzene rings is 1. The maximum absolute atomic E-state index is 12.9. The zero-order valence-electron chi connectivity index (χ0n) is 10.3. The minimum Gasteiger partial charge on any atom is -0.465 e. The lowest BCUT2D eigenvalue weighted by Gasteiger charge is -2.45. The second-order valence-corrected chi connectivity index (χ2v) is 4.89. The molecule has 0 bridgehead atoms. The van der Waals surface area contributed by atoms with E-state index < -0.39 is 17.4 Å². The van der Waals surface area contributed by atoms with Crippen molar-refractivity contribution >= 4 is 5.97 Å². The minimum absolute atomic E-state index is 0.350. The summed E-state index contributed by atoms with van der Waals surface area (Å²) in [4.78, 5) is 11.4. The normalized spacial score (nSPS) is 20.1. The second-order valence-electron chi connectivity index (χ2n) is 4.89. The number of esters is 1. The van der Waals surface area contributed by atoms with E-state index in [9.17, 15) is 13.6 Å². The largest absolute Gasteiger partial charge is 0.465 e. The van der Waals surface area contributed by atoms with E-state index >= 15 is 0 Å². The number of alkyl halides is 2. The van der Waals surface area contributed by atoms with Gasteiger partial charge in [-0.05, 0) is 24.1 Å². The van der Waals surface area contributed by atoms with Crippen LogP contribution in [0.25, 0.3) is 0 Å². The number of rotatable bonds is 2. The third kappa shape index (κ3) is 2.10. The highest BCUT2D eigenvalue weighted by atomic mass is 19.3. The van der Waals surface area contributed by atoms with E-state index in [1.54, 1.807) is 25.1 Å². The van der Waals surface area contributed by atoms with E-state index in [-0.39, 0.29) is 12.8 Å². The van der Waals surface area contributed by atoms with Crippen molar-refractivity contribution in [3.05, 3.63) is 34.9 Å². The first kappa shape index (κ1) is 13.0. The lowest BCUT2D eigenvalue weighted by Crippen LogP contribution is -2.55. The van der Waals surface area contributed by atoms with Crippen LogP contribution in [-0.2, 0) is 10.3 Å². The quantitative estimate of drug-likeness (QED) is 0.825. The SMILES string of the molecule is COC(=O)c1ccc(C2(N)CC(F)(F)C2)cc1C. The molecule has 0 aromatic heterocycles. The lowest BCUT2D eigenvalue weighted by molar-refractivity contribution is -0.125. The van der Waals surface area contributed by atoms with Crippen molar-refractivity contribution in [3.8, 4) is 0 Å². The predicted molar refractivity (Wildman–Crippen MR) is 62.6 cm³/mol. The van der Waals surface area contributed by atoms with Gasteiger partial charge in [-0.1, -0.05) is 12.1 Å². The average molecular weight is 255 g/mol. The van der Waals surface area contributed by atoms with Crippen molar-refractivity contribution in [1.82, 2.24) is 0 Å². The zero-order chi connectivity index (χ0) is 13.6. The molecule has 1 aromatic carbocycles. The first-order valence-corrected chi connectivity index (χ1v) is 5.64. The van der Waals surface area contributed by atoms with E-state index in [1.807, 2.05) is 0 Å². The van der Waals surface area contributed by atoms with Crippen LogP contribution in [0.3, 0.4) is 0 Å². The Kier molecular flexibility index (Phi) is 2.89. The number of hydrogen-bond acceptors (Lipinski definition) is 3. The summed E-state index contributed by atoms with van der Waals surface area (Å²) in [5, 5.41) is 0. The molecule has 1 aromatic rings. The molecule has 1 aliphatic carbocycles. The van der Waals surface area contributed by atoms with E-state index in [0.29, 0.717) is 16.7 Å². The molecule has 5 heteroatoms. The third-order valence-electron chi connectivity index (χ3n) is 3.35. The van der Waals surface area contributed by atoms with Crippen molar-refractivity contribution in [3.63, 3.8) is 0 Å². The standard InChI is InChI=1S/C13H15F2NO2/c1-8-5-9(3-4-10(8)11(17)18-2)12(16)6-13(14,15)7-12/h3-5H,6-7,16H2,1-2H3. The molecule has 98 valence electrons. The van der Waals surface area contributed by atoms with Crippen LogP contribution in [0.15, 0.2) is 18.2 Å². The fourth-order valence-corrected chi connectivity index (χ4v) is 2.39. The summed E-state index contributed by atoms with van der Waals surface area (Å²) >= 11 is 0. The highest BCUT2D eigenvalue weighted by Crippen LogP contribution is 2.49. The monoisotopic (exact) mass is 255 g/mol. The Balaban J connectivity index is 2.28. The number of ether oxygens (including phenoxy) is 1. The molecular formula is C13H15F2NO2. The predicted octanol–water partition coefficient (Wildman–Crippen LogP) is 2.36. The number of carbonyl (C=O) groups is 1. The topological polar surface area (TPSA) is 52.3 Å². The smallest absolute Gasteiger partial charge is 0.338 e. The van der Waals surface area contributed by atoms with Crippen LogP contribution < -0.4 is 5.73 Å². The Bertz CT molecular complexity index is 492.